The molecule has 43 heavy (non-hydrogen) atoms. The average Bonchev–Trinajstić information content (AvgIpc) is 3.56. The van der Waals surface area contributed by atoms with Crippen molar-refractivity contribution in [3.05, 3.63) is 125 Å². The number of hydrogen-bond acceptors (Lipinski definition) is 5. The molecule has 0 saturated carbocycles. The number of fused-ring (bicyclic) bond motifs is 1. The minimum absolute atomic E-state index is 0.0717. The molecule has 0 unspecified atom stereocenters. The average molecular weight is 588 g/mol. The highest BCUT2D eigenvalue weighted by Gasteiger charge is 2.31. The van der Waals surface area contributed by atoms with Crippen molar-refractivity contribution in [2.45, 2.75) is 25.3 Å². The topological polar surface area (TPSA) is 82.5 Å². The van der Waals surface area contributed by atoms with Crippen molar-refractivity contribution in [1.82, 2.24) is 9.55 Å². The van der Waals surface area contributed by atoms with Gasteiger partial charge in [0, 0.05) is 19.2 Å². The van der Waals surface area contributed by atoms with Crippen LogP contribution in [0.1, 0.15) is 34.9 Å². The van der Waals surface area contributed by atoms with Gasteiger partial charge in [-0.05, 0) is 65.9 Å². The number of anilines is 1. The molecule has 0 aliphatic carbocycles. The van der Waals surface area contributed by atoms with Gasteiger partial charge in [0.25, 0.3) is 11.5 Å². The van der Waals surface area contributed by atoms with Crippen molar-refractivity contribution in [1.29, 1.82) is 0 Å². The van der Waals surface area contributed by atoms with E-state index >= 15 is 0 Å². The molecule has 5 aromatic rings. The van der Waals surface area contributed by atoms with E-state index in [2.05, 4.69) is 39.3 Å². The number of halogens is 3. The summed E-state index contributed by atoms with van der Waals surface area (Å²) in [5, 5.41) is 2.98. The zero-order chi connectivity index (χ0) is 30.4. The van der Waals surface area contributed by atoms with Crippen molar-refractivity contribution < 1.29 is 27.4 Å². The minimum atomic E-state index is -4.77. The first kappa shape index (κ1) is 29.5. The molecule has 1 amide bonds. The van der Waals surface area contributed by atoms with Crippen LogP contribution in [-0.2, 0) is 11.8 Å². The number of aromatic nitrogens is 2. The number of nitrogens with one attached hydrogen (secondary N) is 1. The van der Waals surface area contributed by atoms with Crippen LogP contribution in [0.3, 0.4) is 0 Å². The van der Waals surface area contributed by atoms with Crippen molar-refractivity contribution in [2.24, 2.45) is 7.05 Å². The van der Waals surface area contributed by atoms with Crippen LogP contribution in [0.25, 0.3) is 22.0 Å². The standard InChI is InChI=1S/C23H16F3N3O3.C10H12O/c1-29-21(31)18-12-9-16(14-7-10-17(11-8-14)32-23(24,25)26)13-19(18)27-22(29)28-20(30)15-5-3-2-4-6-15;1-2-5-9(6-3-1)10-7-4-8-11-10/h2-13H,1H3,(H,27,28,30);1-3,5-6,10H,4,7-8H2/t;10-/m.0/s1. The molecule has 2 heterocycles. The van der Waals surface area contributed by atoms with Crippen LogP contribution < -0.4 is 15.6 Å². The first-order valence-corrected chi connectivity index (χ1v) is 13.6. The Bertz CT molecular complexity index is 1750. The maximum Gasteiger partial charge on any atom is 0.573 e. The number of alkyl halides is 3. The molecule has 1 saturated heterocycles. The predicted molar refractivity (Wildman–Crippen MR) is 158 cm³/mol. The van der Waals surface area contributed by atoms with Gasteiger partial charge in [0.15, 0.2) is 0 Å². The van der Waals surface area contributed by atoms with E-state index in [4.69, 9.17) is 4.74 Å². The third-order valence-corrected chi connectivity index (χ3v) is 6.86. The summed E-state index contributed by atoms with van der Waals surface area (Å²) in [7, 11) is 1.50. The second kappa shape index (κ2) is 12.9. The van der Waals surface area contributed by atoms with Crippen LogP contribution in [-0.4, -0.2) is 28.4 Å². The fourth-order valence-corrected chi connectivity index (χ4v) is 4.68. The van der Waals surface area contributed by atoms with Crippen LogP contribution in [0.5, 0.6) is 5.75 Å². The van der Waals surface area contributed by atoms with Crippen molar-refractivity contribution >= 4 is 22.8 Å². The smallest absolute Gasteiger partial charge is 0.406 e. The molecule has 1 aromatic heterocycles. The molecular weight excluding hydrogens is 559 g/mol. The molecule has 1 atom stereocenters. The Kier molecular flexibility index (Phi) is 8.87. The SMILES string of the molecule is Cn1c(NC(=O)c2ccccc2)nc2cc(-c3ccc(OC(F)(F)F)cc3)ccc2c1=O.c1ccc([C@@H]2CCCO2)cc1. The molecular formula is C33H28F3N3O4. The van der Waals surface area contributed by atoms with E-state index in [1.54, 1.807) is 48.5 Å². The summed E-state index contributed by atoms with van der Waals surface area (Å²) in [6, 6.07) is 29.2. The summed E-state index contributed by atoms with van der Waals surface area (Å²) in [6.45, 7) is 0.930. The Balaban J connectivity index is 0.000000279. The fraction of sp³-hybridized carbons (Fsp3) is 0.182. The maximum atomic E-state index is 12.7. The third kappa shape index (κ3) is 7.47. The number of rotatable bonds is 5. The number of nitrogens with zero attached hydrogens (tertiary/aromatic N) is 2. The summed E-state index contributed by atoms with van der Waals surface area (Å²) < 4.78 is 47.7. The lowest BCUT2D eigenvalue weighted by Gasteiger charge is -2.12. The van der Waals surface area contributed by atoms with Crippen molar-refractivity contribution in [3.8, 4) is 16.9 Å². The van der Waals surface area contributed by atoms with Gasteiger partial charge in [0.05, 0.1) is 17.0 Å². The predicted octanol–water partition coefficient (Wildman–Crippen LogP) is 7.29. The lowest BCUT2D eigenvalue weighted by atomic mass is 10.0. The Morgan fingerprint density at radius 2 is 1.58 bits per heavy atom. The van der Waals surface area contributed by atoms with Crippen LogP contribution in [0.4, 0.5) is 19.1 Å². The number of amides is 1. The second-order valence-corrected chi connectivity index (χ2v) is 9.84. The number of carbonyl (C=O) groups is 1. The highest BCUT2D eigenvalue weighted by Crippen LogP contribution is 2.29. The van der Waals surface area contributed by atoms with Gasteiger partial charge in [-0.1, -0.05) is 66.7 Å². The first-order chi connectivity index (χ1) is 20.7. The van der Waals surface area contributed by atoms with Gasteiger partial charge < -0.3 is 9.47 Å². The van der Waals surface area contributed by atoms with E-state index in [9.17, 15) is 22.8 Å². The van der Waals surface area contributed by atoms with Gasteiger partial charge in [-0.25, -0.2) is 4.98 Å². The summed E-state index contributed by atoms with van der Waals surface area (Å²) in [5.74, 6) is -0.675. The van der Waals surface area contributed by atoms with E-state index in [0.29, 0.717) is 33.7 Å². The minimum Gasteiger partial charge on any atom is -0.406 e. The maximum absolute atomic E-state index is 12.7. The zero-order valence-electron chi connectivity index (χ0n) is 23.2. The quantitative estimate of drug-likeness (QED) is 0.234. The third-order valence-electron chi connectivity index (χ3n) is 6.86. The molecule has 0 bridgehead atoms. The van der Waals surface area contributed by atoms with Crippen LogP contribution in [0.15, 0.2) is 108 Å². The number of hydrogen-bond donors (Lipinski definition) is 1. The second-order valence-electron chi connectivity index (χ2n) is 9.84. The molecule has 220 valence electrons. The molecule has 1 aliphatic heterocycles. The van der Waals surface area contributed by atoms with Crippen LogP contribution >= 0.6 is 0 Å². The molecule has 7 nitrogen and oxygen atoms in total. The van der Waals surface area contributed by atoms with Crippen LogP contribution in [0, 0.1) is 0 Å². The Morgan fingerprint density at radius 3 is 2.21 bits per heavy atom. The normalized spacial score (nSPS) is 14.6. The Labute approximate surface area is 245 Å². The lowest BCUT2D eigenvalue weighted by Crippen LogP contribution is -2.25. The van der Waals surface area contributed by atoms with Gasteiger partial charge in [0.1, 0.15) is 5.75 Å². The highest BCUT2D eigenvalue weighted by molar-refractivity contribution is 6.03. The van der Waals surface area contributed by atoms with E-state index < -0.39 is 12.3 Å². The molecule has 10 heteroatoms. The monoisotopic (exact) mass is 587 g/mol. The van der Waals surface area contributed by atoms with Crippen molar-refractivity contribution in [3.63, 3.8) is 0 Å². The fourth-order valence-electron chi connectivity index (χ4n) is 4.68. The summed E-state index contributed by atoms with van der Waals surface area (Å²) in [6.07, 6.45) is -2.00. The zero-order valence-corrected chi connectivity index (χ0v) is 23.2. The van der Waals surface area contributed by atoms with Gasteiger partial charge in [-0.3, -0.25) is 19.5 Å². The molecule has 6 rings (SSSR count). The number of ether oxygens (including phenoxy) is 2. The number of benzene rings is 4. The summed E-state index contributed by atoms with van der Waals surface area (Å²) >= 11 is 0. The van der Waals surface area contributed by atoms with Crippen LogP contribution in [0.2, 0.25) is 0 Å². The van der Waals surface area contributed by atoms with E-state index in [1.807, 2.05) is 6.07 Å². The Morgan fingerprint density at radius 1 is 0.930 bits per heavy atom. The first-order valence-electron chi connectivity index (χ1n) is 13.6. The highest BCUT2D eigenvalue weighted by atomic mass is 19.4. The molecule has 1 N–H and O–H groups in total. The van der Waals surface area contributed by atoms with E-state index in [1.165, 1.54) is 54.3 Å². The molecule has 4 aromatic carbocycles. The van der Waals surface area contributed by atoms with Gasteiger partial charge >= 0.3 is 6.36 Å². The molecule has 1 fully saturated rings. The largest absolute Gasteiger partial charge is 0.573 e. The number of carbonyl (C=O) groups excluding carboxylic acids is 1. The Hall–Kier alpha value is -4.96. The summed E-state index contributed by atoms with van der Waals surface area (Å²) in [4.78, 5) is 29.6. The van der Waals surface area contributed by atoms with Gasteiger partial charge in [-0.2, -0.15) is 0 Å². The summed E-state index contributed by atoms with van der Waals surface area (Å²) in [5.41, 5.74) is 2.97. The molecule has 1 aliphatic rings. The van der Waals surface area contributed by atoms with E-state index in [0.717, 1.165) is 6.61 Å². The van der Waals surface area contributed by atoms with Crippen molar-refractivity contribution in [2.75, 3.05) is 11.9 Å². The van der Waals surface area contributed by atoms with E-state index in [-0.39, 0.29) is 17.3 Å². The van der Waals surface area contributed by atoms with Gasteiger partial charge in [0.2, 0.25) is 5.95 Å². The van der Waals surface area contributed by atoms with Gasteiger partial charge in [-0.15, -0.1) is 13.2 Å². The lowest BCUT2D eigenvalue weighted by molar-refractivity contribution is -0.274. The molecule has 0 spiro atoms. The molecule has 0 radical (unpaired) electrons.